The summed E-state index contributed by atoms with van der Waals surface area (Å²) >= 11 is 3.07. The van der Waals surface area contributed by atoms with Crippen molar-refractivity contribution in [2.24, 2.45) is 0 Å². The molecule has 1 aromatic rings. The van der Waals surface area contributed by atoms with Crippen molar-refractivity contribution in [1.82, 2.24) is 0 Å². The highest BCUT2D eigenvalue weighted by Gasteiger charge is 2.16. The maximum Gasteiger partial charge on any atom is 0.179 e. The molecule has 2 nitrogen and oxygen atoms in total. The Balaban J connectivity index is 3.23. The van der Waals surface area contributed by atoms with Gasteiger partial charge >= 0.3 is 0 Å². The topological polar surface area (TPSA) is 29.5 Å². The van der Waals surface area contributed by atoms with Gasteiger partial charge in [-0.15, -0.1) is 0 Å². The zero-order chi connectivity index (χ0) is 10.7. The van der Waals surface area contributed by atoms with Gasteiger partial charge in [0, 0.05) is 18.1 Å². The van der Waals surface area contributed by atoms with E-state index in [0.29, 0.717) is 10.0 Å². The average molecular weight is 263 g/mol. The minimum absolute atomic E-state index is 0.0303. The molecule has 0 spiro atoms. The highest BCUT2D eigenvalue weighted by Crippen LogP contribution is 2.33. The SMILES string of the molecule is COc1c(C(C)CO)ccc(Br)c1F. The van der Waals surface area contributed by atoms with Crippen LogP contribution < -0.4 is 4.74 Å². The number of hydrogen-bond acceptors (Lipinski definition) is 2. The van der Waals surface area contributed by atoms with Crippen LogP contribution in [0.3, 0.4) is 0 Å². The van der Waals surface area contributed by atoms with Crippen LogP contribution in [-0.2, 0) is 0 Å². The van der Waals surface area contributed by atoms with Crippen LogP contribution in [0.1, 0.15) is 18.4 Å². The molecule has 0 aromatic heterocycles. The zero-order valence-electron chi connectivity index (χ0n) is 8.05. The molecule has 0 fully saturated rings. The molecular weight excluding hydrogens is 251 g/mol. The summed E-state index contributed by atoms with van der Waals surface area (Å²) in [7, 11) is 1.42. The van der Waals surface area contributed by atoms with Crippen LogP contribution in [0.25, 0.3) is 0 Å². The second-order valence-electron chi connectivity index (χ2n) is 3.07. The summed E-state index contributed by atoms with van der Waals surface area (Å²) in [5, 5.41) is 8.98. The van der Waals surface area contributed by atoms with Crippen molar-refractivity contribution >= 4 is 15.9 Å². The molecule has 4 heteroatoms. The smallest absolute Gasteiger partial charge is 0.179 e. The fraction of sp³-hybridized carbons (Fsp3) is 0.400. The van der Waals surface area contributed by atoms with Gasteiger partial charge in [-0.25, -0.2) is 4.39 Å². The van der Waals surface area contributed by atoms with E-state index < -0.39 is 5.82 Å². The summed E-state index contributed by atoms with van der Waals surface area (Å²) in [5.41, 5.74) is 0.677. The number of hydrogen-bond donors (Lipinski definition) is 1. The van der Waals surface area contributed by atoms with Crippen molar-refractivity contribution in [2.75, 3.05) is 13.7 Å². The molecule has 0 aliphatic heterocycles. The third kappa shape index (κ3) is 2.07. The quantitative estimate of drug-likeness (QED) is 0.908. The summed E-state index contributed by atoms with van der Waals surface area (Å²) in [5.74, 6) is -0.362. The Hall–Kier alpha value is -0.610. The van der Waals surface area contributed by atoms with Gasteiger partial charge in [-0.05, 0) is 22.0 Å². The lowest BCUT2D eigenvalue weighted by Gasteiger charge is -2.14. The molecular formula is C10H12BrFO2. The Morgan fingerprint density at radius 2 is 2.21 bits per heavy atom. The Kier molecular flexibility index (Phi) is 3.89. The van der Waals surface area contributed by atoms with Crippen molar-refractivity contribution < 1.29 is 14.2 Å². The van der Waals surface area contributed by atoms with Gasteiger partial charge in [-0.3, -0.25) is 0 Å². The van der Waals surface area contributed by atoms with Crippen LogP contribution in [0.2, 0.25) is 0 Å². The molecule has 0 aliphatic rings. The molecule has 0 amide bonds. The summed E-state index contributed by atoms with van der Waals surface area (Å²) in [6.45, 7) is 1.78. The number of halogens is 2. The number of ether oxygens (including phenoxy) is 1. The van der Waals surface area contributed by atoms with Gasteiger partial charge in [0.05, 0.1) is 11.6 Å². The largest absolute Gasteiger partial charge is 0.493 e. The van der Waals surface area contributed by atoms with E-state index in [1.165, 1.54) is 7.11 Å². The van der Waals surface area contributed by atoms with Crippen LogP contribution >= 0.6 is 15.9 Å². The highest BCUT2D eigenvalue weighted by atomic mass is 79.9. The predicted octanol–water partition coefficient (Wildman–Crippen LogP) is 2.69. The normalized spacial score (nSPS) is 12.6. The lowest BCUT2D eigenvalue weighted by atomic mass is 10.0. The number of benzene rings is 1. The van der Waals surface area contributed by atoms with Gasteiger partial charge in [0.2, 0.25) is 0 Å². The lowest BCUT2D eigenvalue weighted by Crippen LogP contribution is -2.03. The maximum atomic E-state index is 13.5. The van der Waals surface area contributed by atoms with Gasteiger partial charge in [0.1, 0.15) is 0 Å². The summed E-state index contributed by atoms with van der Waals surface area (Å²) < 4.78 is 18.8. The monoisotopic (exact) mass is 262 g/mol. The predicted molar refractivity (Wildman–Crippen MR) is 56.2 cm³/mol. The van der Waals surface area contributed by atoms with Crippen molar-refractivity contribution in [1.29, 1.82) is 0 Å². The van der Waals surface area contributed by atoms with Gasteiger partial charge in [0.15, 0.2) is 11.6 Å². The average Bonchev–Trinajstić information content (AvgIpc) is 2.20. The number of rotatable bonds is 3. The second-order valence-corrected chi connectivity index (χ2v) is 3.92. The summed E-state index contributed by atoms with van der Waals surface area (Å²) in [6.07, 6.45) is 0. The van der Waals surface area contributed by atoms with Crippen LogP contribution in [0.15, 0.2) is 16.6 Å². The first-order valence-electron chi connectivity index (χ1n) is 4.24. The highest BCUT2D eigenvalue weighted by molar-refractivity contribution is 9.10. The van der Waals surface area contributed by atoms with Gasteiger partial charge in [-0.1, -0.05) is 13.0 Å². The molecule has 0 radical (unpaired) electrons. The van der Waals surface area contributed by atoms with Crippen LogP contribution in [-0.4, -0.2) is 18.8 Å². The van der Waals surface area contributed by atoms with Crippen LogP contribution in [0.5, 0.6) is 5.75 Å². The Bertz CT molecular complexity index is 328. The van der Waals surface area contributed by atoms with E-state index in [4.69, 9.17) is 9.84 Å². The van der Waals surface area contributed by atoms with Gasteiger partial charge in [-0.2, -0.15) is 0 Å². The number of aliphatic hydroxyl groups excluding tert-OH is 1. The second kappa shape index (κ2) is 4.75. The van der Waals surface area contributed by atoms with E-state index in [-0.39, 0.29) is 18.3 Å². The molecule has 0 saturated carbocycles. The number of methoxy groups -OCH3 is 1. The molecule has 1 unspecified atom stereocenters. The first-order chi connectivity index (χ1) is 6.61. The minimum atomic E-state index is -0.426. The van der Waals surface area contributed by atoms with Crippen molar-refractivity contribution in [3.05, 3.63) is 28.0 Å². The molecule has 78 valence electrons. The summed E-state index contributed by atoms with van der Waals surface area (Å²) in [4.78, 5) is 0. The van der Waals surface area contributed by atoms with Gasteiger partial charge in [0.25, 0.3) is 0 Å². The molecule has 0 aliphatic carbocycles. The fourth-order valence-electron chi connectivity index (χ4n) is 1.24. The Morgan fingerprint density at radius 3 is 2.71 bits per heavy atom. The Morgan fingerprint density at radius 1 is 1.57 bits per heavy atom. The molecule has 1 rings (SSSR count). The van der Waals surface area contributed by atoms with Gasteiger partial charge < -0.3 is 9.84 Å². The van der Waals surface area contributed by atoms with E-state index in [0.717, 1.165) is 0 Å². The van der Waals surface area contributed by atoms with Crippen molar-refractivity contribution in [3.63, 3.8) is 0 Å². The first-order valence-corrected chi connectivity index (χ1v) is 5.03. The van der Waals surface area contributed by atoms with E-state index in [9.17, 15) is 4.39 Å². The maximum absolute atomic E-state index is 13.5. The van der Waals surface area contributed by atoms with E-state index in [2.05, 4.69) is 15.9 Å². The van der Waals surface area contributed by atoms with E-state index in [1.807, 2.05) is 6.92 Å². The van der Waals surface area contributed by atoms with E-state index in [1.54, 1.807) is 12.1 Å². The molecule has 0 heterocycles. The lowest BCUT2D eigenvalue weighted by molar-refractivity contribution is 0.268. The molecule has 14 heavy (non-hydrogen) atoms. The zero-order valence-corrected chi connectivity index (χ0v) is 9.64. The first kappa shape index (κ1) is 11.5. The summed E-state index contributed by atoms with van der Waals surface area (Å²) in [6, 6.07) is 3.35. The standard InChI is InChI=1S/C10H12BrFO2/c1-6(5-13)7-3-4-8(11)9(12)10(7)14-2/h3-4,6,13H,5H2,1-2H3. The molecule has 1 aromatic carbocycles. The minimum Gasteiger partial charge on any atom is -0.493 e. The van der Waals surface area contributed by atoms with Crippen LogP contribution in [0, 0.1) is 5.82 Å². The molecule has 0 saturated heterocycles. The third-order valence-corrected chi connectivity index (χ3v) is 2.70. The molecule has 1 atom stereocenters. The van der Waals surface area contributed by atoms with Crippen molar-refractivity contribution in [2.45, 2.75) is 12.8 Å². The fourth-order valence-corrected chi connectivity index (χ4v) is 1.55. The van der Waals surface area contributed by atoms with Crippen molar-refractivity contribution in [3.8, 4) is 5.75 Å². The Labute approximate surface area is 90.8 Å². The van der Waals surface area contributed by atoms with Crippen LogP contribution in [0.4, 0.5) is 4.39 Å². The molecule has 0 bridgehead atoms. The van der Waals surface area contributed by atoms with E-state index >= 15 is 0 Å². The molecule has 1 N–H and O–H groups in total. The third-order valence-electron chi connectivity index (χ3n) is 2.09. The number of aliphatic hydroxyl groups is 1.